The molecule has 0 aliphatic heterocycles. The Labute approximate surface area is 96.2 Å². The van der Waals surface area contributed by atoms with Crippen molar-refractivity contribution in [3.8, 4) is 0 Å². The number of aryl methyl sites for hydroxylation is 1. The van der Waals surface area contributed by atoms with Crippen LogP contribution in [0.1, 0.15) is 25.0 Å². The van der Waals surface area contributed by atoms with Gasteiger partial charge in [0.15, 0.2) is 0 Å². The van der Waals surface area contributed by atoms with E-state index in [2.05, 4.69) is 4.74 Å². The molecule has 0 atom stereocenters. The molecule has 0 saturated heterocycles. The second kappa shape index (κ2) is 7.30. The van der Waals surface area contributed by atoms with Gasteiger partial charge in [0.2, 0.25) is 0 Å². The molecule has 0 radical (unpaired) electrons. The molecule has 1 aromatic carbocycles. The zero-order valence-corrected chi connectivity index (χ0v) is 10.4. The van der Waals surface area contributed by atoms with E-state index in [0.717, 1.165) is 11.1 Å². The number of esters is 1. The van der Waals surface area contributed by atoms with Crippen LogP contribution in [0, 0.1) is 6.92 Å². The van der Waals surface area contributed by atoms with Crippen molar-refractivity contribution in [2.24, 2.45) is 0 Å². The third-order valence-electron chi connectivity index (χ3n) is 1.76. The first kappa shape index (κ1) is 14.0. The molecule has 1 aromatic rings. The Kier molecular flexibility index (Phi) is 6.80. The number of hydrogen-bond acceptors (Lipinski definition) is 2. The average Bonchev–Trinajstić information content (AvgIpc) is 2.26. The second-order valence-electron chi connectivity index (χ2n) is 2.85. The number of carbonyl (C=O) groups is 1. The summed E-state index contributed by atoms with van der Waals surface area (Å²) in [6.07, 6.45) is 0.233. The monoisotopic (exact) mass is 228 g/mol. The number of halogens is 1. The highest BCUT2D eigenvalue weighted by atomic mass is 35.5. The molecule has 0 aromatic heterocycles. The quantitative estimate of drug-likeness (QED) is 0.726. The zero-order valence-electron chi connectivity index (χ0n) is 9.63. The van der Waals surface area contributed by atoms with Crippen molar-refractivity contribution in [3.05, 3.63) is 34.3 Å². The van der Waals surface area contributed by atoms with E-state index in [4.69, 9.17) is 11.6 Å². The van der Waals surface area contributed by atoms with Gasteiger partial charge < -0.3 is 4.74 Å². The van der Waals surface area contributed by atoms with Gasteiger partial charge in [0.1, 0.15) is 0 Å². The summed E-state index contributed by atoms with van der Waals surface area (Å²) in [6, 6.07) is 5.58. The van der Waals surface area contributed by atoms with Gasteiger partial charge in [-0.1, -0.05) is 43.1 Å². The first-order chi connectivity index (χ1) is 7.13. The molecule has 1 rings (SSSR count). The smallest absolute Gasteiger partial charge is 0.310 e. The lowest BCUT2D eigenvalue weighted by Gasteiger charge is -2.03. The van der Waals surface area contributed by atoms with Gasteiger partial charge in [0.25, 0.3) is 0 Å². The molecule has 0 aliphatic carbocycles. The summed E-state index contributed by atoms with van der Waals surface area (Å²) in [5.74, 6) is -0.271. The van der Waals surface area contributed by atoms with Crippen LogP contribution in [0.25, 0.3) is 0 Å². The molecule has 0 amide bonds. The Hall–Kier alpha value is -1.02. The van der Waals surface area contributed by atoms with E-state index in [0.29, 0.717) is 5.02 Å². The van der Waals surface area contributed by atoms with Gasteiger partial charge in [-0.2, -0.15) is 0 Å². The van der Waals surface area contributed by atoms with Gasteiger partial charge in [-0.15, -0.1) is 0 Å². The fraction of sp³-hybridized carbons (Fsp3) is 0.417. The van der Waals surface area contributed by atoms with Crippen LogP contribution in [0.15, 0.2) is 18.2 Å². The van der Waals surface area contributed by atoms with Gasteiger partial charge in [0.05, 0.1) is 13.5 Å². The molecule has 0 N–H and O–H groups in total. The van der Waals surface area contributed by atoms with Crippen LogP contribution < -0.4 is 0 Å². The number of ether oxygens (including phenoxy) is 1. The van der Waals surface area contributed by atoms with Crippen LogP contribution in [-0.2, 0) is 16.0 Å². The predicted octanol–water partition coefficient (Wildman–Crippen LogP) is 3.39. The van der Waals surface area contributed by atoms with Crippen molar-refractivity contribution in [3.63, 3.8) is 0 Å². The van der Waals surface area contributed by atoms with Crippen LogP contribution in [0.5, 0.6) is 0 Å². The van der Waals surface area contributed by atoms with Gasteiger partial charge >= 0.3 is 5.97 Å². The Morgan fingerprint density at radius 2 is 2.00 bits per heavy atom. The molecule has 0 fully saturated rings. The molecular weight excluding hydrogens is 212 g/mol. The summed E-state index contributed by atoms with van der Waals surface area (Å²) in [7, 11) is 1.37. The van der Waals surface area contributed by atoms with Gasteiger partial charge in [-0.05, 0) is 18.6 Å². The molecular formula is C12H17ClO2. The molecule has 15 heavy (non-hydrogen) atoms. The van der Waals surface area contributed by atoms with E-state index in [9.17, 15) is 4.79 Å². The van der Waals surface area contributed by atoms with E-state index >= 15 is 0 Å². The molecule has 0 unspecified atom stereocenters. The minimum atomic E-state index is -0.271. The topological polar surface area (TPSA) is 26.3 Å². The number of methoxy groups -OCH3 is 1. The van der Waals surface area contributed by atoms with Gasteiger partial charge in [-0.25, -0.2) is 0 Å². The maximum atomic E-state index is 11.0. The Morgan fingerprint density at radius 3 is 2.53 bits per heavy atom. The van der Waals surface area contributed by atoms with E-state index in [-0.39, 0.29) is 12.4 Å². The minimum absolute atomic E-state index is 0.233. The molecule has 0 bridgehead atoms. The SMILES string of the molecule is CC.COC(=O)Cc1cc(C)ccc1Cl. The summed E-state index contributed by atoms with van der Waals surface area (Å²) in [5.41, 5.74) is 1.90. The highest BCUT2D eigenvalue weighted by Crippen LogP contribution is 2.17. The standard InChI is InChI=1S/C10H11ClO2.C2H6/c1-7-3-4-9(11)8(5-7)6-10(12)13-2;1-2/h3-5H,6H2,1-2H3;1-2H3. The summed E-state index contributed by atoms with van der Waals surface area (Å²) in [6.45, 7) is 5.96. The normalized spacial score (nSPS) is 8.87. The second-order valence-corrected chi connectivity index (χ2v) is 3.25. The Bertz CT molecular complexity index is 321. The average molecular weight is 229 g/mol. The van der Waals surface area contributed by atoms with Gasteiger partial charge in [0, 0.05) is 5.02 Å². The van der Waals surface area contributed by atoms with E-state index in [1.165, 1.54) is 7.11 Å². The summed E-state index contributed by atoms with van der Waals surface area (Å²) >= 11 is 5.89. The zero-order chi connectivity index (χ0) is 11.8. The summed E-state index contributed by atoms with van der Waals surface area (Å²) in [5, 5.41) is 0.607. The minimum Gasteiger partial charge on any atom is -0.469 e. The van der Waals surface area contributed by atoms with Crippen molar-refractivity contribution < 1.29 is 9.53 Å². The third kappa shape index (κ3) is 4.84. The first-order valence-electron chi connectivity index (χ1n) is 4.95. The Morgan fingerprint density at radius 1 is 1.40 bits per heavy atom. The largest absolute Gasteiger partial charge is 0.469 e. The van der Waals surface area contributed by atoms with Gasteiger partial charge in [-0.3, -0.25) is 4.79 Å². The molecule has 0 saturated carbocycles. The van der Waals surface area contributed by atoms with Crippen LogP contribution in [0.3, 0.4) is 0 Å². The predicted molar refractivity (Wildman–Crippen MR) is 63.3 cm³/mol. The lowest BCUT2D eigenvalue weighted by molar-refractivity contribution is -0.139. The van der Waals surface area contributed by atoms with E-state index in [1.54, 1.807) is 6.07 Å². The highest BCUT2D eigenvalue weighted by Gasteiger charge is 2.06. The maximum Gasteiger partial charge on any atom is 0.310 e. The molecule has 0 aliphatic rings. The van der Waals surface area contributed by atoms with Crippen molar-refractivity contribution in [1.29, 1.82) is 0 Å². The fourth-order valence-electron chi connectivity index (χ4n) is 1.07. The lowest BCUT2D eigenvalue weighted by atomic mass is 10.1. The highest BCUT2D eigenvalue weighted by molar-refractivity contribution is 6.31. The molecule has 3 heteroatoms. The van der Waals surface area contributed by atoms with E-state index in [1.807, 2.05) is 32.9 Å². The lowest BCUT2D eigenvalue weighted by Crippen LogP contribution is -2.04. The maximum absolute atomic E-state index is 11.0. The molecule has 0 spiro atoms. The van der Waals surface area contributed by atoms with Crippen molar-refractivity contribution in [2.45, 2.75) is 27.2 Å². The Balaban J connectivity index is 0.000000921. The van der Waals surface area contributed by atoms with Crippen LogP contribution in [0.4, 0.5) is 0 Å². The number of benzene rings is 1. The van der Waals surface area contributed by atoms with Crippen LogP contribution in [0.2, 0.25) is 5.02 Å². The summed E-state index contributed by atoms with van der Waals surface area (Å²) in [4.78, 5) is 11.0. The third-order valence-corrected chi connectivity index (χ3v) is 2.13. The number of rotatable bonds is 2. The number of hydrogen-bond donors (Lipinski definition) is 0. The van der Waals surface area contributed by atoms with Crippen LogP contribution >= 0.6 is 11.6 Å². The summed E-state index contributed by atoms with van der Waals surface area (Å²) < 4.78 is 4.55. The van der Waals surface area contributed by atoms with Crippen molar-refractivity contribution in [1.82, 2.24) is 0 Å². The fourth-order valence-corrected chi connectivity index (χ4v) is 1.25. The first-order valence-corrected chi connectivity index (χ1v) is 5.33. The molecule has 2 nitrogen and oxygen atoms in total. The van der Waals surface area contributed by atoms with Crippen LogP contribution in [-0.4, -0.2) is 13.1 Å². The number of carbonyl (C=O) groups excluding carboxylic acids is 1. The molecule has 84 valence electrons. The van der Waals surface area contributed by atoms with Crippen molar-refractivity contribution in [2.75, 3.05) is 7.11 Å². The van der Waals surface area contributed by atoms with E-state index < -0.39 is 0 Å². The molecule has 0 heterocycles. The van der Waals surface area contributed by atoms with Crippen molar-refractivity contribution >= 4 is 17.6 Å².